The molecule has 8 heteroatoms. The molecule has 36 heavy (non-hydrogen) atoms. The molecule has 2 amide bonds. The first-order chi connectivity index (χ1) is 17.5. The number of hydrogen-bond donors (Lipinski definition) is 2. The molecule has 1 atom stereocenters. The molecule has 3 aromatic rings. The van der Waals surface area contributed by atoms with E-state index in [9.17, 15) is 14.9 Å². The Morgan fingerprint density at radius 3 is 2.72 bits per heavy atom. The van der Waals surface area contributed by atoms with Crippen LogP contribution in [0.15, 0.2) is 59.5 Å². The Labute approximate surface area is 220 Å². The maximum Gasteiger partial charge on any atom is 0.238 e. The van der Waals surface area contributed by atoms with Crippen LogP contribution >= 0.6 is 23.1 Å². The minimum absolute atomic E-state index is 0.0153. The fourth-order valence-corrected chi connectivity index (χ4v) is 6.38. The molecule has 0 saturated heterocycles. The second kappa shape index (κ2) is 12.2. The van der Waals surface area contributed by atoms with Crippen LogP contribution < -0.4 is 10.6 Å². The molecule has 2 aromatic carbocycles. The molecule has 0 aliphatic carbocycles. The summed E-state index contributed by atoms with van der Waals surface area (Å²) in [5.74, 6) is -0.157. The Balaban J connectivity index is 1.40. The van der Waals surface area contributed by atoms with E-state index in [1.54, 1.807) is 0 Å². The van der Waals surface area contributed by atoms with Gasteiger partial charge < -0.3 is 10.6 Å². The highest BCUT2D eigenvalue weighted by Gasteiger charge is 2.26. The predicted molar refractivity (Wildman–Crippen MR) is 147 cm³/mol. The Kier molecular flexibility index (Phi) is 8.81. The Bertz CT molecular complexity index is 1270. The van der Waals surface area contributed by atoms with Gasteiger partial charge in [0.25, 0.3) is 0 Å². The topological polar surface area (TPSA) is 85.2 Å². The van der Waals surface area contributed by atoms with Gasteiger partial charge in [-0.15, -0.1) is 23.1 Å². The van der Waals surface area contributed by atoms with Gasteiger partial charge in [-0.3, -0.25) is 14.5 Å². The first-order valence-corrected chi connectivity index (χ1v) is 13.8. The van der Waals surface area contributed by atoms with Gasteiger partial charge in [0.15, 0.2) is 0 Å². The highest BCUT2D eigenvalue weighted by molar-refractivity contribution is 8.00. The van der Waals surface area contributed by atoms with E-state index in [0.29, 0.717) is 17.0 Å². The Morgan fingerprint density at radius 1 is 1.17 bits per heavy atom. The number of amides is 2. The lowest BCUT2D eigenvalue weighted by Gasteiger charge is -2.26. The number of carbonyl (C=O) groups is 2. The van der Waals surface area contributed by atoms with Gasteiger partial charge in [0.2, 0.25) is 11.8 Å². The quantitative estimate of drug-likeness (QED) is 0.338. The third-order valence-electron chi connectivity index (χ3n) is 6.01. The lowest BCUT2D eigenvalue weighted by atomic mass is 10.0. The average molecular weight is 519 g/mol. The van der Waals surface area contributed by atoms with E-state index in [-0.39, 0.29) is 17.1 Å². The smallest absolute Gasteiger partial charge is 0.238 e. The van der Waals surface area contributed by atoms with Crippen LogP contribution in [-0.4, -0.2) is 28.5 Å². The molecule has 0 radical (unpaired) electrons. The highest BCUT2D eigenvalue weighted by atomic mass is 32.2. The van der Waals surface area contributed by atoms with E-state index >= 15 is 0 Å². The summed E-state index contributed by atoms with van der Waals surface area (Å²) in [5, 5.41) is 16.0. The molecule has 2 heterocycles. The number of thioether (sulfide) groups is 1. The molecule has 1 aliphatic heterocycles. The zero-order chi connectivity index (χ0) is 25.5. The number of rotatable bonds is 9. The third kappa shape index (κ3) is 6.55. The second-order valence-electron chi connectivity index (χ2n) is 8.84. The summed E-state index contributed by atoms with van der Waals surface area (Å²) >= 11 is 2.94. The molecule has 6 nitrogen and oxygen atoms in total. The SMILES string of the molecule is CCCC(=O)Nc1cccc(SC(C)C(=O)Nc2sc3c(c2C#N)CCN(Cc2ccccc2)C3)c1. The molecule has 0 fully saturated rings. The number of anilines is 2. The number of carbonyl (C=O) groups excluding carboxylic acids is 2. The van der Waals surface area contributed by atoms with Crippen molar-refractivity contribution < 1.29 is 9.59 Å². The summed E-state index contributed by atoms with van der Waals surface area (Å²) in [6.45, 7) is 6.35. The summed E-state index contributed by atoms with van der Waals surface area (Å²) in [7, 11) is 0. The van der Waals surface area contributed by atoms with E-state index in [0.717, 1.165) is 53.5 Å². The van der Waals surface area contributed by atoms with Gasteiger partial charge in [-0.2, -0.15) is 5.26 Å². The normalized spacial score (nSPS) is 13.9. The summed E-state index contributed by atoms with van der Waals surface area (Å²) in [6, 6.07) is 20.2. The average Bonchev–Trinajstić information content (AvgIpc) is 3.21. The summed E-state index contributed by atoms with van der Waals surface area (Å²) in [6.07, 6.45) is 2.07. The summed E-state index contributed by atoms with van der Waals surface area (Å²) in [4.78, 5) is 29.4. The number of fused-ring (bicyclic) bond motifs is 1. The standard InChI is InChI=1S/C28H30N4O2S2/c1-3-8-26(33)30-21-11-7-12-22(15-21)35-19(2)27(34)31-28-24(16-29)23-13-14-32(18-25(23)36-28)17-20-9-5-4-6-10-20/h4-7,9-12,15,19H,3,8,13-14,17-18H2,1-2H3,(H,30,33)(H,31,34). The minimum atomic E-state index is -0.369. The van der Waals surface area contributed by atoms with Crippen LogP contribution in [0.1, 0.15) is 48.3 Å². The van der Waals surface area contributed by atoms with E-state index < -0.39 is 0 Å². The molecule has 1 unspecified atom stereocenters. The van der Waals surface area contributed by atoms with Gasteiger partial charge in [0.1, 0.15) is 11.1 Å². The summed E-state index contributed by atoms with van der Waals surface area (Å²) in [5.41, 5.74) is 3.66. The minimum Gasteiger partial charge on any atom is -0.326 e. The van der Waals surface area contributed by atoms with Gasteiger partial charge >= 0.3 is 0 Å². The van der Waals surface area contributed by atoms with Crippen molar-refractivity contribution in [1.29, 1.82) is 5.26 Å². The maximum atomic E-state index is 13.0. The van der Waals surface area contributed by atoms with Crippen molar-refractivity contribution in [2.75, 3.05) is 17.2 Å². The molecular weight excluding hydrogens is 488 g/mol. The second-order valence-corrected chi connectivity index (χ2v) is 11.4. The first-order valence-electron chi connectivity index (χ1n) is 12.1. The number of nitrogens with zero attached hydrogens (tertiary/aromatic N) is 2. The molecular formula is C28H30N4O2S2. The molecule has 0 spiro atoms. The number of benzene rings is 2. The van der Waals surface area contributed by atoms with Crippen molar-refractivity contribution in [1.82, 2.24) is 4.90 Å². The lowest BCUT2D eigenvalue weighted by Crippen LogP contribution is -2.29. The predicted octanol–water partition coefficient (Wildman–Crippen LogP) is 6.04. The maximum absolute atomic E-state index is 13.0. The Morgan fingerprint density at radius 2 is 1.97 bits per heavy atom. The zero-order valence-electron chi connectivity index (χ0n) is 20.5. The Hall–Kier alpha value is -3.12. The number of hydrogen-bond acceptors (Lipinski definition) is 6. The fourth-order valence-electron chi connectivity index (χ4n) is 4.21. The van der Waals surface area contributed by atoms with Crippen molar-refractivity contribution in [3.63, 3.8) is 0 Å². The van der Waals surface area contributed by atoms with Crippen LogP contribution in [0.3, 0.4) is 0 Å². The van der Waals surface area contributed by atoms with E-state index in [4.69, 9.17) is 0 Å². The van der Waals surface area contributed by atoms with E-state index in [1.807, 2.05) is 44.2 Å². The number of nitriles is 1. The van der Waals surface area contributed by atoms with Crippen molar-refractivity contribution in [3.05, 3.63) is 76.2 Å². The van der Waals surface area contributed by atoms with Gasteiger partial charge in [-0.25, -0.2) is 0 Å². The lowest BCUT2D eigenvalue weighted by molar-refractivity contribution is -0.116. The van der Waals surface area contributed by atoms with Crippen molar-refractivity contribution in [2.24, 2.45) is 0 Å². The fraction of sp³-hybridized carbons (Fsp3) is 0.321. The number of thiophene rings is 1. The van der Waals surface area contributed by atoms with Crippen molar-refractivity contribution >= 4 is 45.6 Å². The van der Waals surface area contributed by atoms with E-state index in [1.165, 1.54) is 28.7 Å². The van der Waals surface area contributed by atoms with Crippen LogP contribution in [-0.2, 0) is 29.1 Å². The molecule has 0 saturated carbocycles. The molecule has 1 aliphatic rings. The monoisotopic (exact) mass is 518 g/mol. The first kappa shape index (κ1) is 26.0. The number of nitrogens with one attached hydrogen (secondary N) is 2. The van der Waals surface area contributed by atoms with Crippen LogP contribution in [0.2, 0.25) is 0 Å². The van der Waals surface area contributed by atoms with E-state index in [2.05, 4.69) is 45.9 Å². The van der Waals surface area contributed by atoms with Crippen LogP contribution in [0, 0.1) is 11.3 Å². The van der Waals surface area contributed by atoms with Crippen molar-refractivity contribution in [2.45, 2.75) is 56.3 Å². The molecule has 186 valence electrons. The molecule has 4 rings (SSSR count). The van der Waals surface area contributed by atoms with Gasteiger partial charge in [0.05, 0.1) is 10.8 Å². The van der Waals surface area contributed by atoms with Crippen LogP contribution in [0.5, 0.6) is 0 Å². The van der Waals surface area contributed by atoms with Crippen LogP contribution in [0.25, 0.3) is 0 Å². The zero-order valence-corrected chi connectivity index (χ0v) is 22.2. The van der Waals surface area contributed by atoms with Crippen LogP contribution in [0.4, 0.5) is 10.7 Å². The third-order valence-corrected chi connectivity index (χ3v) is 8.24. The molecule has 2 N–H and O–H groups in total. The van der Waals surface area contributed by atoms with Gasteiger partial charge in [-0.05, 0) is 49.1 Å². The van der Waals surface area contributed by atoms with Gasteiger partial charge in [0, 0.05) is 41.5 Å². The highest BCUT2D eigenvalue weighted by Crippen LogP contribution is 2.37. The molecule has 0 bridgehead atoms. The molecule has 1 aromatic heterocycles. The summed E-state index contributed by atoms with van der Waals surface area (Å²) < 4.78 is 0. The largest absolute Gasteiger partial charge is 0.326 e. The van der Waals surface area contributed by atoms with Gasteiger partial charge in [-0.1, -0.05) is 43.3 Å². The van der Waals surface area contributed by atoms with Crippen molar-refractivity contribution in [3.8, 4) is 6.07 Å².